The fourth-order valence-electron chi connectivity index (χ4n) is 0.905. The molecular weight excluding hydrogens is 305 g/mol. The van der Waals surface area contributed by atoms with E-state index in [9.17, 15) is 0 Å². The monoisotopic (exact) mass is 313 g/mol. The number of hydrogen-bond acceptors (Lipinski definition) is 2. The minimum Gasteiger partial charge on any atom is -0.212 e. The first-order valence-electron chi connectivity index (χ1n) is 4.12. The Hall–Kier alpha value is 0.430. The zero-order chi connectivity index (χ0) is 10.7. The van der Waals surface area contributed by atoms with Gasteiger partial charge in [-0.25, -0.2) is 4.98 Å². The van der Waals surface area contributed by atoms with Crippen LogP contribution in [0.15, 0.2) is 5.57 Å². The molecule has 1 aromatic rings. The van der Waals surface area contributed by atoms with Crippen LogP contribution in [0.1, 0.15) is 18.7 Å². The zero-order valence-corrected chi connectivity index (χ0v) is 11.8. The molecule has 0 bridgehead atoms. The van der Waals surface area contributed by atoms with Gasteiger partial charge in [-0.05, 0) is 12.0 Å². The highest BCUT2D eigenvalue weighted by atomic mass is 79.9. The molecule has 1 nitrogen and oxygen atoms in total. The normalized spacial score (nSPS) is 12.6. The molecule has 0 saturated heterocycles. The first kappa shape index (κ1) is 12.5. The van der Waals surface area contributed by atoms with E-state index in [1.165, 1.54) is 16.9 Å². The summed E-state index contributed by atoms with van der Waals surface area (Å²) in [5.41, 5.74) is 1.28. The number of alkyl halides is 1. The third-order valence-corrected chi connectivity index (χ3v) is 3.95. The van der Waals surface area contributed by atoms with Gasteiger partial charge in [0.1, 0.15) is 5.15 Å². The topological polar surface area (TPSA) is 12.9 Å². The van der Waals surface area contributed by atoms with Gasteiger partial charge >= 0.3 is 0 Å². The summed E-state index contributed by atoms with van der Waals surface area (Å²) in [7, 11) is 0. The van der Waals surface area contributed by atoms with E-state index in [1.807, 2.05) is 6.08 Å². The summed E-state index contributed by atoms with van der Waals surface area (Å²) < 4.78 is 0.485. The maximum Gasteiger partial charge on any atom is 0.185 e. The molecule has 0 N–H and O–H groups in total. The Balaban J connectivity index is 3.00. The van der Waals surface area contributed by atoms with Crippen LogP contribution in [-0.4, -0.2) is 10.3 Å². The number of rotatable bonds is 3. The number of thiazole rings is 1. The van der Waals surface area contributed by atoms with E-state index < -0.39 is 0 Å². The number of nitrogens with zero attached hydrogens (tertiary/aromatic N) is 1. The van der Waals surface area contributed by atoms with E-state index in [1.54, 1.807) is 0 Å². The van der Waals surface area contributed by atoms with Crippen LogP contribution >= 0.6 is 50.5 Å². The predicted molar refractivity (Wildman–Crippen MR) is 68.7 cm³/mol. The van der Waals surface area contributed by atoms with Crippen LogP contribution in [0.25, 0.3) is 6.08 Å². The van der Waals surface area contributed by atoms with Crippen molar-refractivity contribution < 1.29 is 0 Å². The molecule has 0 spiro atoms. The Kier molecular flexibility index (Phi) is 4.91. The lowest BCUT2D eigenvalue weighted by Gasteiger charge is -2.06. The average Bonchev–Trinajstić information content (AvgIpc) is 2.40. The standard InChI is InChI=1S/C9H10BrCl2NS/c1-5(2)6(4-10)3-7-8(11)13-9(12)14-7/h3,5H,4H2,1-2H3. The van der Waals surface area contributed by atoms with Crippen molar-refractivity contribution >= 4 is 56.5 Å². The fourth-order valence-corrected chi connectivity index (χ4v) is 3.05. The highest BCUT2D eigenvalue weighted by Gasteiger charge is 2.08. The molecular formula is C9H10BrCl2NS. The van der Waals surface area contributed by atoms with Crippen molar-refractivity contribution in [2.45, 2.75) is 13.8 Å². The minimum absolute atomic E-state index is 0.485. The first-order chi connectivity index (χ1) is 6.54. The predicted octanol–water partition coefficient (Wildman–Crippen LogP) is 4.88. The van der Waals surface area contributed by atoms with Gasteiger partial charge in [0.15, 0.2) is 4.47 Å². The summed E-state index contributed by atoms with van der Waals surface area (Å²) in [5.74, 6) is 0.492. The van der Waals surface area contributed by atoms with Crippen molar-refractivity contribution in [3.63, 3.8) is 0 Å². The van der Waals surface area contributed by atoms with Crippen molar-refractivity contribution in [3.05, 3.63) is 20.1 Å². The molecule has 0 aromatic carbocycles. The summed E-state index contributed by atoms with van der Waals surface area (Å²) in [6.07, 6.45) is 2.05. The third kappa shape index (κ3) is 3.23. The van der Waals surface area contributed by atoms with Gasteiger partial charge in [-0.15, -0.1) is 11.3 Å². The van der Waals surface area contributed by atoms with Crippen molar-refractivity contribution in [2.75, 3.05) is 5.33 Å². The fraction of sp³-hybridized carbons (Fsp3) is 0.444. The lowest BCUT2D eigenvalue weighted by molar-refractivity contribution is 0.781. The van der Waals surface area contributed by atoms with Crippen LogP contribution in [0, 0.1) is 5.92 Å². The zero-order valence-electron chi connectivity index (χ0n) is 7.85. The molecule has 0 saturated carbocycles. The molecule has 0 aliphatic heterocycles. The Morgan fingerprint density at radius 2 is 2.21 bits per heavy atom. The maximum absolute atomic E-state index is 5.91. The van der Waals surface area contributed by atoms with Gasteiger partial charge in [0.05, 0.1) is 4.88 Å². The number of allylic oxidation sites excluding steroid dienone is 1. The van der Waals surface area contributed by atoms with E-state index in [0.717, 1.165) is 10.2 Å². The molecule has 0 fully saturated rings. The van der Waals surface area contributed by atoms with Gasteiger partial charge < -0.3 is 0 Å². The van der Waals surface area contributed by atoms with E-state index in [4.69, 9.17) is 23.2 Å². The van der Waals surface area contributed by atoms with Crippen LogP contribution in [0.5, 0.6) is 0 Å². The average molecular weight is 315 g/mol. The second-order valence-electron chi connectivity index (χ2n) is 3.13. The second kappa shape index (κ2) is 5.50. The second-order valence-corrected chi connectivity index (χ2v) is 5.66. The van der Waals surface area contributed by atoms with Gasteiger partial charge in [-0.2, -0.15) is 0 Å². The molecule has 14 heavy (non-hydrogen) atoms. The highest BCUT2D eigenvalue weighted by molar-refractivity contribution is 9.09. The summed E-state index contributed by atoms with van der Waals surface area (Å²) >= 11 is 16.5. The quantitative estimate of drug-likeness (QED) is 0.724. The van der Waals surface area contributed by atoms with Gasteiger partial charge in [-0.1, -0.05) is 58.6 Å². The summed E-state index contributed by atoms with van der Waals surface area (Å²) in [4.78, 5) is 4.88. The molecule has 1 heterocycles. The maximum atomic E-state index is 5.91. The van der Waals surface area contributed by atoms with Crippen LogP contribution in [0.3, 0.4) is 0 Å². The van der Waals surface area contributed by atoms with Crippen molar-refractivity contribution in [3.8, 4) is 0 Å². The molecule has 1 rings (SSSR count). The SMILES string of the molecule is CC(C)C(=Cc1sc(Cl)nc1Cl)CBr. The Morgan fingerprint density at radius 3 is 2.57 bits per heavy atom. The van der Waals surface area contributed by atoms with E-state index in [-0.39, 0.29) is 0 Å². The van der Waals surface area contributed by atoms with Crippen molar-refractivity contribution in [1.29, 1.82) is 0 Å². The van der Waals surface area contributed by atoms with Crippen molar-refractivity contribution in [2.24, 2.45) is 5.92 Å². The molecule has 5 heteroatoms. The largest absolute Gasteiger partial charge is 0.212 e. The lowest BCUT2D eigenvalue weighted by Crippen LogP contribution is -1.94. The summed E-state index contributed by atoms with van der Waals surface area (Å²) in [6, 6.07) is 0. The first-order valence-corrected chi connectivity index (χ1v) is 6.82. The molecule has 0 aliphatic carbocycles. The Labute approximate surface area is 106 Å². The van der Waals surface area contributed by atoms with Crippen LogP contribution in [0.4, 0.5) is 0 Å². The van der Waals surface area contributed by atoms with Gasteiger partial charge in [-0.3, -0.25) is 0 Å². The molecule has 78 valence electrons. The van der Waals surface area contributed by atoms with E-state index in [2.05, 4.69) is 34.8 Å². The van der Waals surface area contributed by atoms with E-state index >= 15 is 0 Å². The van der Waals surface area contributed by atoms with E-state index in [0.29, 0.717) is 15.5 Å². The van der Waals surface area contributed by atoms with Crippen molar-refractivity contribution in [1.82, 2.24) is 4.98 Å². The van der Waals surface area contributed by atoms with Crippen LogP contribution < -0.4 is 0 Å². The Morgan fingerprint density at radius 1 is 1.57 bits per heavy atom. The minimum atomic E-state index is 0.485. The van der Waals surface area contributed by atoms with Gasteiger partial charge in [0.2, 0.25) is 0 Å². The lowest BCUT2D eigenvalue weighted by atomic mass is 10.1. The highest BCUT2D eigenvalue weighted by Crippen LogP contribution is 2.30. The number of aromatic nitrogens is 1. The van der Waals surface area contributed by atoms with Crippen LogP contribution in [-0.2, 0) is 0 Å². The molecule has 0 radical (unpaired) electrons. The smallest absolute Gasteiger partial charge is 0.185 e. The molecule has 0 aliphatic rings. The van der Waals surface area contributed by atoms with Gasteiger partial charge in [0, 0.05) is 5.33 Å². The molecule has 0 atom stereocenters. The Bertz CT molecular complexity index is 347. The van der Waals surface area contributed by atoms with Gasteiger partial charge in [0.25, 0.3) is 0 Å². The van der Waals surface area contributed by atoms with Crippen LogP contribution in [0.2, 0.25) is 9.62 Å². The molecule has 1 aromatic heterocycles. The number of halogens is 3. The molecule has 0 amide bonds. The number of hydrogen-bond donors (Lipinski definition) is 0. The molecule has 0 unspecified atom stereocenters. The summed E-state index contributed by atoms with van der Waals surface area (Å²) in [5, 5.41) is 1.33. The third-order valence-electron chi connectivity index (χ3n) is 1.80. The summed E-state index contributed by atoms with van der Waals surface area (Å²) in [6.45, 7) is 4.29.